The predicted octanol–water partition coefficient (Wildman–Crippen LogP) is 1.25. The van der Waals surface area contributed by atoms with Gasteiger partial charge in [-0.05, 0) is 32.0 Å². The first kappa shape index (κ1) is 20.3. The summed E-state index contributed by atoms with van der Waals surface area (Å²) in [7, 11) is 0. The van der Waals surface area contributed by atoms with Crippen LogP contribution in [0.15, 0.2) is 41.3 Å². The third-order valence-corrected chi connectivity index (χ3v) is 5.43. The molecule has 0 unspecified atom stereocenters. The summed E-state index contributed by atoms with van der Waals surface area (Å²) in [6.07, 6.45) is 1.66. The monoisotopic (exact) mass is 409 g/mol. The number of rotatable bonds is 6. The highest BCUT2D eigenvalue weighted by molar-refractivity contribution is 5.83. The molecule has 8 nitrogen and oxygen atoms in total. The van der Waals surface area contributed by atoms with Crippen molar-refractivity contribution in [1.82, 2.24) is 24.6 Å². The quantitative estimate of drug-likeness (QED) is 0.663. The number of nitrogens with zero attached hydrogens (tertiary/aromatic N) is 4. The topological polar surface area (TPSA) is 81.4 Å². The molecule has 0 atom stereocenters. The molecular weight excluding hydrogens is 382 g/mol. The molecule has 1 fully saturated rings. The Hall–Kier alpha value is -2.97. The molecule has 3 heterocycles. The average molecular weight is 409 g/mol. The molecule has 1 aliphatic rings. The Bertz CT molecular complexity index is 1090. The summed E-state index contributed by atoms with van der Waals surface area (Å²) >= 11 is 0. The van der Waals surface area contributed by atoms with E-state index in [9.17, 15) is 9.59 Å². The Morgan fingerprint density at radius 3 is 2.60 bits per heavy atom. The van der Waals surface area contributed by atoms with Crippen molar-refractivity contribution in [2.24, 2.45) is 0 Å². The molecule has 1 saturated heterocycles. The lowest BCUT2D eigenvalue weighted by molar-refractivity contribution is -0.121. The number of carbonyl (C=O) groups excluding carboxylic acids is 1. The minimum atomic E-state index is -0.202. The van der Waals surface area contributed by atoms with Crippen LogP contribution in [0.25, 0.3) is 16.6 Å². The fourth-order valence-corrected chi connectivity index (χ4v) is 3.73. The number of pyridine rings is 1. The molecule has 0 aliphatic carbocycles. The van der Waals surface area contributed by atoms with Gasteiger partial charge in [-0.2, -0.15) is 5.10 Å². The highest BCUT2D eigenvalue weighted by Gasteiger charge is 2.15. The molecule has 1 aliphatic heterocycles. The van der Waals surface area contributed by atoms with Crippen LogP contribution in [0, 0.1) is 13.8 Å². The molecule has 1 N–H and O–H groups in total. The van der Waals surface area contributed by atoms with Gasteiger partial charge in [0, 0.05) is 32.4 Å². The molecule has 158 valence electrons. The van der Waals surface area contributed by atoms with Crippen molar-refractivity contribution < 1.29 is 9.53 Å². The van der Waals surface area contributed by atoms with E-state index < -0.39 is 0 Å². The molecule has 2 aromatic heterocycles. The van der Waals surface area contributed by atoms with Gasteiger partial charge in [0.1, 0.15) is 6.54 Å². The van der Waals surface area contributed by atoms with Gasteiger partial charge in [0.25, 0.3) is 5.56 Å². The molecule has 0 radical (unpaired) electrons. The van der Waals surface area contributed by atoms with Crippen LogP contribution in [0.2, 0.25) is 0 Å². The zero-order valence-electron chi connectivity index (χ0n) is 17.4. The van der Waals surface area contributed by atoms with Crippen LogP contribution in [-0.4, -0.2) is 64.5 Å². The molecule has 3 aromatic rings. The molecule has 4 rings (SSSR count). The van der Waals surface area contributed by atoms with Gasteiger partial charge >= 0.3 is 0 Å². The van der Waals surface area contributed by atoms with Crippen LogP contribution in [0.3, 0.4) is 0 Å². The third kappa shape index (κ3) is 4.29. The smallest absolute Gasteiger partial charge is 0.262 e. The van der Waals surface area contributed by atoms with Crippen LogP contribution >= 0.6 is 0 Å². The SMILES string of the molecule is Cc1ccc(-n2nc(C)c3c(=O)n(CC(=O)NCCN4CCOCC4)ccc32)cc1. The number of hydrogen-bond acceptors (Lipinski definition) is 5. The van der Waals surface area contributed by atoms with Gasteiger partial charge < -0.3 is 14.6 Å². The Labute approximate surface area is 175 Å². The van der Waals surface area contributed by atoms with E-state index in [1.54, 1.807) is 10.9 Å². The maximum absolute atomic E-state index is 13.0. The number of aromatic nitrogens is 3. The molecule has 30 heavy (non-hydrogen) atoms. The zero-order chi connectivity index (χ0) is 21.1. The normalized spacial score (nSPS) is 14.9. The van der Waals surface area contributed by atoms with E-state index in [-0.39, 0.29) is 18.0 Å². The first-order valence-electron chi connectivity index (χ1n) is 10.3. The van der Waals surface area contributed by atoms with Crippen molar-refractivity contribution in [2.45, 2.75) is 20.4 Å². The second kappa shape index (κ2) is 8.81. The van der Waals surface area contributed by atoms with Crippen LogP contribution in [0.1, 0.15) is 11.3 Å². The summed E-state index contributed by atoms with van der Waals surface area (Å²) in [4.78, 5) is 27.6. The van der Waals surface area contributed by atoms with Crippen LogP contribution < -0.4 is 10.9 Å². The van der Waals surface area contributed by atoms with Gasteiger partial charge in [-0.3, -0.25) is 14.5 Å². The first-order chi connectivity index (χ1) is 14.5. The number of fused-ring (bicyclic) bond motifs is 1. The third-order valence-electron chi connectivity index (χ3n) is 5.43. The summed E-state index contributed by atoms with van der Waals surface area (Å²) < 4.78 is 8.55. The number of nitrogens with one attached hydrogen (secondary N) is 1. The number of carbonyl (C=O) groups is 1. The summed E-state index contributed by atoms with van der Waals surface area (Å²) in [5.74, 6) is -0.173. The lowest BCUT2D eigenvalue weighted by atomic mass is 10.2. The Balaban J connectivity index is 1.48. The van der Waals surface area contributed by atoms with Crippen molar-refractivity contribution in [2.75, 3.05) is 39.4 Å². The first-order valence-corrected chi connectivity index (χ1v) is 10.3. The minimum absolute atomic E-state index is 0.00691. The van der Waals surface area contributed by atoms with Crippen LogP contribution in [-0.2, 0) is 16.1 Å². The number of morpholine rings is 1. The summed E-state index contributed by atoms with van der Waals surface area (Å²) in [6.45, 7) is 8.42. The average Bonchev–Trinajstić information content (AvgIpc) is 3.08. The predicted molar refractivity (Wildman–Crippen MR) is 115 cm³/mol. The fourth-order valence-electron chi connectivity index (χ4n) is 3.73. The van der Waals surface area contributed by atoms with E-state index in [0.717, 1.165) is 49.6 Å². The standard InChI is InChI=1S/C22H27N5O3/c1-16-3-5-18(6-4-16)27-19-7-9-26(22(29)21(19)17(2)24-27)15-20(28)23-8-10-25-11-13-30-14-12-25/h3-7,9H,8,10-15H2,1-2H3,(H,23,28). The van der Waals surface area contributed by atoms with Crippen molar-refractivity contribution in [3.8, 4) is 5.69 Å². The number of hydrogen-bond donors (Lipinski definition) is 1. The fraction of sp³-hybridized carbons (Fsp3) is 0.409. The van der Waals surface area contributed by atoms with Crippen molar-refractivity contribution in [3.63, 3.8) is 0 Å². The van der Waals surface area contributed by atoms with Gasteiger partial charge in [0.2, 0.25) is 5.91 Å². The van der Waals surface area contributed by atoms with Crippen molar-refractivity contribution in [1.29, 1.82) is 0 Å². The van der Waals surface area contributed by atoms with Crippen molar-refractivity contribution in [3.05, 3.63) is 58.1 Å². The van der Waals surface area contributed by atoms with Crippen LogP contribution in [0.4, 0.5) is 0 Å². The second-order valence-corrected chi connectivity index (χ2v) is 7.65. The van der Waals surface area contributed by atoms with Gasteiger partial charge in [0.15, 0.2) is 0 Å². The van der Waals surface area contributed by atoms with Gasteiger partial charge in [-0.1, -0.05) is 17.7 Å². The van der Waals surface area contributed by atoms with Crippen LogP contribution in [0.5, 0.6) is 0 Å². The van der Waals surface area contributed by atoms with Gasteiger partial charge in [-0.25, -0.2) is 4.68 Å². The number of amides is 1. The summed E-state index contributed by atoms with van der Waals surface area (Å²) in [5, 5.41) is 8.00. The Morgan fingerprint density at radius 1 is 1.13 bits per heavy atom. The molecule has 1 aromatic carbocycles. The van der Waals surface area contributed by atoms with E-state index in [2.05, 4.69) is 15.3 Å². The second-order valence-electron chi connectivity index (χ2n) is 7.65. The summed E-state index contributed by atoms with van der Waals surface area (Å²) in [5.41, 5.74) is 3.25. The lowest BCUT2D eigenvalue weighted by Gasteiger charge is -2.26. The highest BCUT2D eigenvalue weighted by atomic mass is 16.5. The largest absolute Gasteiger partial charge is 0.379 e. The van der Waals surface area contributed by atoms with E-state index in [0.29, 0.717) is 17.6 Å². The van der Waals surface area contributed by atoms with E-state index in [4.69, 9.17) is 4.74 Å². The van der Waals surface area contributed by atoms with Gasteiger partial charge in [-0.15, -0.1) is 0 Å². The number of ether oxygens (including phenoxy) is 1. The summed E-state index contributed by atoms with van der Waals surface area (Å²) in [6, 6.07) is 9.84. The maximum atomic E-state index is 13.0. The minimum Gasteiger partial charge on any atom is -0.379 e. The van der Waals surface area contributed by atoms with Crippen molar-refractivity contribution >= 4 is 16.8 Å². The molecule has 1 amide bonds. The Kier molecular flexibility index (Phi) is 5.96. The van der Waals surface area contributed by atoms with E-state index in [1.165, 1.54) is 4.57 Å². The van der Waals surface area contributed by atoms with Gasteiger partial charge in [0.05, 0.1) is 35.5 Å². The molecule has 0 spiro atoms. The number of benzene rings is 1. The molecule has 0 saturated carbocycles. The highest BCUT2D eigenvalue weighted by Crippen LogP contribution is 2.19. The Morgan fingerprint density at radius 2 is 1.87 bits per heavy atom. The zero-order valence-corrected chi connectivity index (χ0v) is 17.4. The maximum Gasteiger partial charge on any atom is 0.262 e. The molecular formula is C22H27N5O3. The molecule has 0 bridgehead atoms. The number of aryl methyl sites for hydroxylation is 2. The van der Waals surface area contributed by atoms with E-state index in [1.807, 2.05) is 44.2 Å². The van der Waals surface area contributed by atoms with E-state index >= 15 is 0 Å². The molecule has 8 heteroatoms. The lowest BCUT2D eigenvalue weighted by Crippen LogP contribution is -2.42.